The molecule has 2 heterocycles. The second-order valence-corrected chi connectivity index (χ2v) is 7.16. The van der Waals surface area contributed by atoms with E-state index in [9.17, 15) is 31.1 Å². The number of aromatic amines is 1. The SMILES string of the molecule is Cc1csc(-c2cc(C(=O)NCc3cc(C(F)(F)F)cc(C(F)(F)F)c3)n[nH]2)c1. The van der Waals surface area contributed by atoms with Gasteiger partial charge in [-0.25, -0.2) is 0 Å². The molecule has 2 N–H and O–H groups in total. The minimum atomic E-state index is -4.95. The number of H-pyrrole nitrogens is 1. The molecule has 11 heteroatoms. The summed E-state index contributed by atoms with van der Waals surface area (Å²) in [6.07, 6.45) is -9.90. The van der Waals surface area contributed by atoms with Crippen LogP contribution in [0.25, 0.3) is 10.6 Å². The molecule has 29 heavy (non-hydrogen) atoms. The highest BCUT2D eigenvalue weighted by Gasteiger charge is 2.36. The second-order valence-electron chi connectivity index (χ2n) is 6.25. The number of carbonyl (C=O) groups is 1. The van der Waals surface area contributed by atoms with Gasteiger partial charge in [0.25, 0.3) is 5.91 Å². The van der Waals surface area contributed by atoms with E-state index in [1.165, 1.54) is 17.4 Å². The summed E-state index contributed by atoms with van der Waals surface area (Å²) in [6, 6.07) is 4.50. The molecule has 0 saturated carbocycles. The van der Waals surface area contributed by atoms with Crippen molar-refractivity contribution < 1.29 is 31.1 Å². The maximum atomic E-state index is 12.9. The molecule has 0 aliphatic heterocycles. The number of rotatable bonds is 4. The third-order valence-electron chi connectivity index (χ3n) is 3.91. The van der Waals surface area contributed by atoms with Gasteiger partial charge in [0.05, 0.1) is 21.7 Å². The average Bonchev–Trinajstić information content (AvgIpc) is 3.27. The summed E-state index contributed by atoms with van der Waals surface area (Å²) in [4.78, 5) is 13.0. The van der Waals surface area contributed by atoms with Gasteiger partial charge in [-0.05, 0) is 53.8 Å². The van der Waals surface area contributed by atoms with Crippen LogP contribution in [0.15, 0.2) is 35.7 Å². The highest BCUT2D eigenvalue weighted by Crippen LogP contribution is 2.36. The van der Waals surface area contributed by atoms with Crippen LogP contribution in [-0.4, -0.2) is 16.1 Å². The minimum absolute atomic E-state index is 0.0333. The predicted octanol–water partition coefficient (Wildman–Crippen LogP) is 5.41. The van der Waals surface area contributed by atoms with Crippen LogP contribution in [0.3, 0.4) is 0 Å². The van der Waals surface area contributed by atoms with E-state index >= 15 is 0 Å². The molecule has 154 valence electrons. The van der Waals surface area contributed by atoms with E-state index in [-0.39, 0.29) is 17.3 Å². The Hall–Kier alpha value is -2.82. The molecule has 1 aromatic carbocycles. The summed E-state index contributed by atoms with van der Waals surface area (Å²) in [5, 5.41) is 10.7. The Morgan fingerprint density at radius 3 is 2.17 bits per heavy atom. The van der Waals surface area contributed by atoms with Crippen LogP contribution in [-0.2, 0) is 18.9 Å². The lowest BCUT2D eigenvalue weighted by Gasteiger charge is -2.14. The van der Waals surface area contributed by atoms with Crippen LogP contribution < -0.4 is 5.32 Å². The maximum Gasteiger partial charge on any atom is 0.416 e. The molecule has 2 aromatic heterocycles. The van der Waals surface area contributed by atoms with Crippen molar-refractivity contribution in [3.8, 4) is 10.6 Å². The van der Waals surface area contributed by atoms with Gasteiger partial charge in [0.1, 0.15) is 0 Å². The Labute approximate surface area is 164 Å². The molecular weight excluding hydrogens is 420 g/mol. The Morgan fingerprint density at radius 2 is 1.66 bits per heavy atom. The zero-order valence-corrected chi connectivity index (χ0v) is 15.5. The first kappa shape index (κ1) is 20.9. The monoisotopic (exact) mass is 433 g/mol. The van der Waals surface area contributed by atoms with Gasteiger partial charge in [-0.1, -0.05) is 0 Å². The number of aromatic nitrogens is 2. The van der Waals surface area contributed by atoms with E-state index < -0.39 is 35.9 Å². The van der Waals surface area contributed by atoms with E-state index in [2.05, 4.69) is 15.5 Å². The van der Waals surface area contributed by atoms with Crippen LogP contribution in [0.2, 0.25) is 0 Å². The van der Waals surface area contributed by atoms with E-state index in [1.807, 2.05) is 18.4 Å². The number of nitrogens with one attached hydrogen (secondary N) is 2. The summed E-state index contributed by atoms with van der Waals surface area (Å²) in [7, 11) is 0. The zero-order valence-electron chi connectivity index (χ0n) is 14.7. The van der Waals surface area contributed by atoms with Crippen molar-refractivity contribution in [2.24, 2.45) is 0 Å². The Morgan fingerprint density at radius 1 is 1.03 bits per heavy atom. The van der Waals surface area contributed by atoms with Gasteiger partial charge < -0.3 is 5.32 Å². The van der Waals surface area contributed by atoms with Crippen molar-refractivity contribution in [1.29, 1.82) is 0 Å². The molecule has 3 rings (SSSR count). The number of benzene rings is 1. The van der Waals surface area contributed by atoms with Crippen molar-refractivity contribution in [2.45, 2.75) is 25.8 Å². The first-order chi connectivity index (χ1) is 13.4. The number of hydrogen-bond acceptors (Lipinski definition) is 3. The van der Waals surface area contributed by atoms with E-state index in [1.54, 1.807) is 0 Å². The van der Waals surface area contributed by atoms with Crippen molar-refractivity contribution >= 4 is 17.2 Å². The summed E-state index contributed by atoms with van der Waals surface area (Å²) in [6.45, 7) is 1.38. The van der Waals surface area contributed by atoms with Gasteiger partial charge in [-0.2, -0.15) is 31.4 Å². The molecule has 0 unspecified atom stereocenters. The molecule has 0 fully saturated rings. The molecule has 0 atom stereocenters. The zero-order chi connectivity index (χ0) is 21.4. The van der Waals surface area contributed by atoms with Crippen molar-refractivity contribution in [2.75, 3.05) is 0 Å². The number of hydrogen-bond donors (Lipinski definition) is 2. The first-order valence-corrected chi connectivity index (χ1v) is 8.99. The lowest BCUT2D eigenvalue weighted by Crippen LogP contribution is -2.24. The molecule has 0 aliphatic rings. The molecule has 0 radical (unpaired) electrons. The minimum Gasteiger partial charge on any atom is -0.347 e. The summed E-state index contributed by atoms with van der Waals surface area (Å²) in [5.74, 6) is -0.730. The summed E-state index contributed by atoms with van der Waals surface area (Å²) in [5.41, 5.74) is -1.64. The number of alkyl halides is 6. The van der Waals surface area contributed by atoms with E-state index in [0.29, 0.717) is 17.8 Å². The third kappa shape index (κ3) is 4.97. The maximum absolute atomic E-state index is 12.9. The Kier molecular flexibility index (Phi) is 5.44. The molecule has 0 bridgehead atoms. The highest BCUT2D eigenvalue weighted by molar-refractivity contribution is 7.13. The summed E-state index contributed by atoms with van der Waals surface area (Å²) < 4.78 is 77.4. The lowest BCUT2D eigenvalue weighted by atomic mass is 10.0. The molecule has 0 aliphatic carbocycles. The van der Waals surface area contributed by atoms with Gasteiger partial charge in [-0.15, -0.1) is 11.3 Å². The second kappa shape index (κ2) is 7.54. The van der Waals surface area contributed by atoms with Gasteiger partial charge in [0.15, 0.2) is 5.69 Å². The number of carbonyl (C=O) groups excluding carboxylic acids is 1. The number of thiophene rings is 1. The molecule has 1 amide bonds. The van der Waals surface area contributed by atoms with Crippen molar-refractivity contribution in [3.63, 3.8) is 0 Å². The Bertz CT molecular complexity index is 1000. The van der Waals surface area contributed by atoms with E-state index in [4.69, 9.17) is 0 Å². The highest BCUT2D eigenvalue weighted by atomic mass is 32.1. The fourth-order valence-corrected chi connectivity index (χ4v) is 3.40. The topological polar surface area (TPSA) is 57.8 Å². The van der Waals surface area contributed by atoms with Crippen molar-refractivity contribution in [3.05, 3.63) is 63.7 Å². The van der Waals surface area contributed by atoms with Crippen LogP contribution in [0.5, 0.6) is 0 Å². The first-order valence-electron chi connectivity index (χ1n) is 8.11. The fraction of sp³-hybridized carbons (Fsp3) is 0.222. The molecule has 0 spiro atoms. The quantitative estimate of drug-likeness (QED) is 0.541. The van der Waals surface area contributed by atoms with Crippen LogP contribution >= 0.6 is 11.3 Å². The lowest BCUT2D eigenvalue weighted by molar-refractivity contribution is -0.143. The standard InChI is InChI=1S/C18H13F6N3OS/c1-9-2-15(29-8-9)13-6-14(27-26-13)16(28)25-7-10-3-11(17(19,20)21)5-12(4-10)18(22,23)24/h2-6,8H,7H2,1H3,(H,25,28)(H,26,27). The number of aryl methyl sites for hydroxylation is 1. The third-order valence-corrected chi connectivity index (χ3v) is 4.99. The summed E-state index contributed by atoms with van der Waals surface area (Å²) >= 11 is 1.43. The molecule has 3 aromatic rings. The van der Waals surface area contributed by atoms with Crippen LogP contribution in [0, 0.1) is 6.92 Å². The molecule has 0 saturated heterocycles. The molecule has 4 nitrogen and oxygen atoms in total. The predicted molar refractivity (Wildman–Crippen MR) is 94.3 cm³/mol. The normalized spacial score (nSPS) is 12.2. The number of halogens is 6. The van der Waals surface area contributed by atoms with Gasteiger partial charge >= 0.3 is 12.4 Å². The fourth-order valence-electron chi connectivity index (χ4n) is 2.53. The van der Waals surface area contributed by atoms with E-state index in [0.717, 1.165) is 10.4 Å². The largest absolute Gasteiger partial charge is 0.416 e. The number of nitrogens with zero attached hydrogens (tertiary/aromatic N) is 1. The van der Waals surface area contributed by atoms with Gasteiger partial charge in [0.2, 0.25) is 0 Å². The van der Waals surface area contributed by atoms with Gasteiger partial charge in [0, 0.05) is 6.54 Å². The average molecular weight is 433 g/mol. The number of amides is 1. The van der Waals surface area contributed by atoms with Gasteiger partial charge in [-0.3, -0.25) is 9.89 Å². The van der Waals surface area contributed by atoms with Crippen LogP contribution in [0.4, 0.5) is 26.3 Å². The van der Waals surface area contributed by atoms with Crippen molar-refractivity contribution in [1.82, 2.24) is 15.5 Å². The Balaban J connectivity index is 1.77. The smallest absolute Gasteiger partial charge is 0.347 e. The van der Waals surface area contributed by atoms with Crippen LogP contribution in [0.1, 0.15) is 32.7 Å². The molecular formula is C18H13F6N3OS.